The molecule has 0 radical (unpaired) electrons. The van der Waals surface area contributed by atoms with E-state index in [1.54, 1.807) is 0 Å². The number of hydrogen-bond donors (Lipinski definition) is 3. The van der Waals surface area contributed by atoms with Gasteiger partial charge in [-0.15, -0.1) is 0 Å². The minimum atomic E-state index is -5.08. The Balaban J connectivity index is 0.000000360. The number of carboxylic acids is 1. The lowest BCUT2D eigenvalue weighted by Crippen LogP contribution is -2.34. The van der Waals surface area contributed by atoms with Gasteiger partial charge in [-0.2, -0.15) is 13.2 Å². The minimum Gasteiger partial charge on any atom is -0.475 e. The van der Waals surface area contributed by atoms with Crippen LogP contribution < -0.4 is 10.6 Å². The Hall–Kier alpha value is -2.98. The predicted octanol–water partition coefficient (Wildman–Crippen LogP) is 3.15. The van der Waals surface area contributed by atoms with Crippen LogP contribution in [0.25, 0.3) is 0 Å². The molecule has 2 aromatic carbocycles. The van der Waals surface area contributed by atoms with Gasteiger partial charge in [-0.1, -0.05) is 24.3 Å². The van der Waals surface area contributed by atoms with Crippen LogP contribution in [0.2, 0.25) is 0 Å². The average molecular weight is 454 g/mol. The molecule has 0 spiro atoms. The zero-order chi connectivity index (χ0) is 23.3. The molecule has 1 atom stereocenters. The number of hydrogen-bond acceptors (Lipinski definition) is 4. The summed E-state index contributed by atoms with van der Waals surface area (Å²) in [6, 6.07) is 11.0. The van der Waals surface area contributed by atoms with Crippen molar-refractivity contribution >= 4 is 11.9 Å². The number of benzene rings is 2. The van der Waals surface area contributed by atoms with E-state index in [2.05, 4.69) is 22.8 Å². The quantitative estimate of drug-likeness (QED) is 0.621. The smallest absolute Gasteiger partial charge is 0.475 e. The fourth-order valence-electron chi connectivity index (χ4n) is 3.73. The highest BCUT2D eigenvalue weighted by molar-refractivity contribution is 5.96. The molecule has 2 aliphatic rings. The molecule has 2 aliphatic heterocycles. The second-order valence-corrected chi connectivity index (χ2v) is 7.44. The fraction of sp³-hybridized carbons (Fsp3) is 0.364. The number of carboxylic acid groups (broad SMARTS) is 1. The third kappa shape index (κ3) is 5.83. The topological polar surface area (TPSA) is 87.7 Å². The summed E-state index contributed by atoms with van der Waals surface area (Å²) in [4.78, 5) is 21.6. The first-order chi connectivity index (χ1) is 15.2. The Kier molecular flexibility index (Phi) is 7.47. The molecule has 1 amide bonds. The Morgan fingerprint density at radius 3 is 2.62 bits per heavy atom. The van der Waals surface area contributed by atoms with Crippen molar-refractivity contribution < 1.29 is 37.0 Å². The Labute approximate surface area is 181 Å². The van der Waals surface area contributed by atoms with E-state index in [0.29, 0.717) is 31.9 Å². The van der Waals surface area contributed by atoms with Crippen molar-refractivity contribution in [2.75, 3.05) is 19.7 Å². The lowest BCUT2D eigenvalue weighted by atomic mass is 9.92. The number of rotatable bonds is 3. The van der Waals surface area contributed by atoms with Crippen LogP contribution in [0.5, 0.6) is 0 Å². The van der Waals surface area contributed by atoms with Gasteiger partial charge in [0.05, 0.1) is 13.2 Å². The maximum Gasteiger partial charge on any atom is 0.490 e. The van der Waals surface area contributed by atoms with E-state index in [1.807, 2.05) is 12.1 Å². The van der Waals surface area contributed by atoms with E-state index >= 15 is 0 Å². The normalized spacial score (nSPS) is 17.3. The van der Waals surface area contributed by atoms with Crippen molar-refractivity contribution in [3.8, 4) is 0 Å². The molecule has 0 saturated heterocycles. The van der Waals surface area contributed by atoms with Crippen LogP contribution in [0.4, 0.5) is 17.6 Å². The molecule has 172 valence electrons. The Bertz CT molecular complexity index is 994. The van der Waals surface area contributed by atoms with E-state index in [-0.39, 0.29) is 17.6 Å². The van der Waals surface area contributed by atoms with Gasteiger partial charge in [0.25, 0.3) is 5.91 Å². The number of amides is 1. The standard InChI is InChI=1S/C20H21FN2O2.C2HF3O2/c21-16-7-14-9-22-6-5-18(14)19(8-16)20(24)23-10-15-12-25-11-13-3-1-2-4-17(13)15;3-2(4,5)1(6)7/h1-4,7-8,15,22H,5-6,9-12H2,(H,23,24);(H,6,7). The lowest BCUT2D eigenvalue weighted by molar-refractivity contribution is -0.192. The molecule has 2 heterocycles. The highest BCUT2D eigenvalue weighted by atomic mass is 19.4. The molecule has 0 aromatic heterocycles. The third-order valence-electron chi connectivity index (χ3n) is 5.24. The van der Waals surface area contributed by atoms with E-state index in [1.165, 1.54) is 23.3 Å². The average Bonchev–Trinajstić information content (AvgIpc) is 2.76. The van der Waals surface area contributed by atoms with Gasteiger partial charge in [-0.25, -0.2) is 9.18 Å². The van der Waals surface area contributed by atoms with E-state index in [0.717, 1.165) is 24.1 Å². The van der Waals surface area contributed by atoms with Crippen LogP contribution in [-0.4, -0.2) is 42.9 Å². The summed E-state index contributed by atoms with van der Waals surface area (Å²) in [5, 5.41) is 13.3. The van der Waals surface area contributed by atoms with Crippen molar-refractivity contribution in [1.82, 2.24) is 10.6 Å². The van der Waals surface area contributed by atoms with Gasteiger partial charge < -0.3 is 20.5 Å². The number of carbonyl (C=O) groups excluding carboxylic acids is 1. The fourth-order valence-corrected chi connectivity index (χ4v) is 3.73. The van der Waals surface area contributed by atoms with Crippen LogP contribution in [0, 0.1) is 5.82 Å². The van der Waals surface area contributed by atoms with Gasteiger partial charge in [-0.05, 0) is 47.4 Å². The van der Waals surface area contributed by atoms with Gasteiger partial charge in [0, 0.05) is 24.6 Å². The van der Waals surface area contributed by atoms with Crippen LogP contribution in [0.3, 0.4) is 0 Å². The van der Waals surface area contributed by atoms with Crippen molar-refractivity contribution in [3.63, 3.8) is 0 Å². The maximum atomic E-state index is 13.9. The summed E-state index contributed by atoms with van der Waals surface area (Å²) in [5.41, 5.74) is 4.68. The summed E-state index contributed by atoms with van der Waals surface area (Å²) in [7, 11) is 0. The molecule has 0 fully saturated rings. The summed E-state index contributed by atoms with van der Waals surface area (Å²) >= 11 is 0. The monoisotopic (exact) mass is 454 g/mol. The molecule has 10 heteroatoms. The van der Waals surface area contributed by atoms with E-state index in [9.17, 15) is 22.4 Å². The van der Waals surface area contributed by atoms with E-state index < -0.39 is 12.1 Å². The van der Waals surface area contributed by atoms with Crippen LogP contribution in [0.15, 0.2) is 36.4 Å². The molecule has 3 N–H and O–H groups in total. The van der Waals surface area contributed by atoms with Crippen molar-refractivity contribution in [2.45, 2.75) is 31.7 Å². The zero-order valence-corrected chi connectivity index (χ0v) is 17.0. The van der Waals surface area contributed by atoms with Crippen molar-refractivity contribution in [3.05, 3.63) is 70.0 Å². The molecule has 0 aliphatic carbocycles. The molecule has 32 heavy (non-hydrogen) atoms. The predicted molar refractivity (Wildman–Crippen MR) is 107 cm³/mol. The number of fused-ring (bicyclic) bond motifs is 2. The Morgan fingerprint density at radius 1 is 1.19 bits per heavy atom. The molecule has 6 nitrogen and oxygen atoms in total. The molecular weight excluding hydrogens is 432 g/mol. The first-order valence-corrected chi connectivity index (χ1v) is 9.92. The number of carbonyl (C=O) groups is 2. The Morgan fingerprint density at radius 2 is 1.91 bits per heavy atom. The summed E-state index contributed by atoms with van der Waals surface area (Å²) in [6.45, 7) is 3.10. The number of ether oxygens (including phenoxy) is 1. The van der Waals surface area contributed by atoms with Gasteiger partial charge >= 0.3 is 12.1 Å². The summed E-state index contributed by atoms with van der Waals surface area (Å²) in [6.07, 6.45) is -4.34. The van der Waals surface area contributed by atoms with Crippen LogP contribution in [0.1, 0.15) is 38.5 Å². The first kappa shape index (κ1) is 23.7. The number of alkyl halides is 3. The molecule has 1 unspecified atom stereocenters. The summed E-state index contributed by atoms with van der Waals surface area (Å²) in [5.74, 6) is -3.20. The summed E-state index contributed by atoms with van der Waals surface area (Å²) < 4.78 is 51.3. The van der Waals surface area contributed by atoms with Gasteiger partial charge in [0.15, 0.2) is 0 Å². The van der Waals surface area contributed by atoms with Crippen LogP contribution >= 0.6 is 0 Å². The molecule has 0 bridgehead atoms. The second kappa shape index (κ2) is 10.1. The number of aliphatic carboxylic acids is 1. The van der Waals surface area contributed by atoms with E-state index in [4.69, 9.17) is 14.6 Å². The minimum absolute atomic E-state index is 0.125. The first-order valence-electron chi connectivity index (χ1n) is 9.92. The number of halogens is 4. The molecule has 4 rings (SSSR count). The second-order valence-electron chi connectivity index (χ2n) is 7.44. The SMILES string of the molecule is O=C(NCC1COCc2ccccc21)c1cc(F)cc2c1CCNC2.O=C(O)C(F)(F)F. The van der Waals surface area contributed by atoms with Gasteiger partial charge in [-0.3, -0.25) is 4.79 Å². The lowest BCUT2D eigenvalue weighted by Gasteiger charge is -2.26. The molecular formula is C22H22F4N2O4. The van der Waals surface area contributed by atoms with Crippen molar-refractivity contribution in [2.24, 2.45) is 0 Å². The highest BCUT2D eigenvalue weighted by Gasteiger charge is 2.38. The largest absolute Gasteiger partial charge is 0.490 e. The highest BCUT2D eigenvalue weighted by Crippen LogP contribution is 2.26. The maximum absolute atomic E-state index is 13.9. The van der Waals surface area contributed by atoms with Gasteiger partial charge in [0.2, 0.25) is 0 Å². The van der Waals surface area contributed by atoms with Crippen LogP contribution in [-0.2, 0) is 29.1 Å². The number of nitrogens with one attached hydrogen (secondary N) is 2. The third-order valence-corrected chi connectivity index (χ3v) is 5.24. The zero-order valence-electron chi connectivity index (χ0n) is 17.0. The molecule has 0 saturated carbocycles. The van der Waals surface area contributed by atoms with Gasteiger partial charge in [0.1, 0.15) is 5.82 Å². The van der Waals surface area contributed by atoms with Crippen molar-refractivity contribution in [1.29, 1.82) is 0 Å². The molecule has 2 aromatic rings.